The van der Waals surface area contributed by atoms with Gasteiger partial charge in [0.15, 0.2) is 11.5 Å². The zero-order chi connectivity index (χ0) is 22.3. The van der Waals surface area contributed by atoms with E-state index in [0.29, 0.717) is 18.1 Å². The van der Waals surface area contributed by atoms with Gasteiger partial charge in [-0.3, -0.25) is 5.43 Å². The third kappa shape index (κ3) is 5.15. The van der Waals surface area contributed by atoms with Crippen molar-refractivity contribution in [2.24, 2.45) is 5.10 Å². The van der Waals surface area contributed by atoms with Gasteiger partial charge in [-0.25, -0.2) is 4.98 Å². The molecule has 6 heteroatoms. The molecule has 0 aliphatic rings. The third-order valence-electron chi connectivity index (χ3n) is 5.24. The Bertz CT molecular complexity index is 1220. The quantitative estimate of drug-likeness (QED) is 0.251. The molecule has 1 heterocycles. The molecule has 0 spiro atoms. The number of nitrogens with zero attached hydrogens (tertiary/aromatic N) is 2. The van der Waals surface area contributed by atoms with Gasteiger partial charge in [-0.05, 0) is 54.3 Å². The van der Waals surface area contributed by atoms with Crippen LogP contribution in [0, 0.1) is 13.8 Å². The first-order valence-electron chi connectivity index (χ1n) is 10.3. The van der Waals surface area contributed by atoms with Crippen molar-refractivity contribution in [1.29, 1.82) is 0 Å². The second-order valence-electron chi connectivity index (χ2n) is 7.33. The highest BCUT2D eigenvalue weighted by molar-refractivity contribution is 7.14. The molecule has 4 aromatic rings. The molecule has 5 nitrogen and oxygen atoms in total. The Labute approximate surface area is 192 Å². The van der Waals surface area contributed by atoms with Crippen LogP contribution >= 0.6 is 11.3 Å². The van der Waals surface area contributed by atoms with Gasteiger partial charge in [0.25, 0.3) is 0 Å². The second kappa shape index (κ2) is 10.1. The number of aryl methyl sites for hydroxylation is 1. The van der Waals surface area contributed by atoms with E-state index in [9.17, 15) is 0 Å². The van der Waals surface area contributed by atoms with Crippen molar-refractivity contribution in [1.82, 2.24) is 4.98 Å². The van der Waals surface area contributed by atoms with Crippen LogP contribution in [0.3, 0.4) is 0 Å². The molecule has 0 unspecified atom stereocenters. The molecule has 0 radical (unpaired) electrons. The summed E-state index contributed by atoms with van der Waals surface area (Å²) < 4.78 is 11.6. The van der Waals surface area contributed by atoms with Crippen molar-refractivity contribution in [2.45, 2.75) is 20.5 Å². The van der Waals surface area contributed by atoms with E-state index in [1.54, 1.807) is 13.3 Å². The van der Waals surface area contributed by atoms with Gasteiger partial charge in [0.05, 0.1) is 19.0 Å². The highest BCUT2D eigenvalue weighted by Crippen LogP contribution is 2.29. The van der Waals surface area contributed by atoms with Crippen LogP contribution in [0.15, 0.2) is 77.2 Å². The molecule has 162 valence electrons. The van der Waals surface area contributed by atoms with Crippen molar-refractivity contribution in [3.05, 3.63) is 94.4 Å². The summed E-state index contributed by atoms with van der Waals surface area (Å²) in [6.45, 7) is 4.71. The molecule has 1 N–H and O–H groups in total. The number of thiazole rings is 1. The first-order valence-corrected chi connectivity index (χ1v) is 11.2. The minimum Gasteiger partial charge on any atom is -0.493 e. The highest BCUT2D eigenvalue weighted by Gasteiger charge is 2.08. The summed E-state index contributed by atoms with van der Waals surface area (Å²) in [5.41, 5.74) is 9.58. The van der Waals surface area contributed by atoms with Crippen LogP contribution in [0.25, 0.3) is 11.3 Å². The van der Waals surface area contributed by atoms with Crippen molar-refractivity contribution >= 4 is 22.7 Å². The van der Waals surface area contributed by atoms with Gasteiger partial charge < -0.3 is 9.47 Å². The number of nitrogens with one attached hydrogen (secondary N) is 1. The number of anilines is 1. The fraction of sp³-hybridized carbons (Fsp3) is 0.154. The lowest BCUT2D eigenvalue weighted by molar-refractivity contribution is 0.284. The molecule has 0 bridgehead atoms. The molecule has 0 aliphatic carbocycles. The molecular weight excluding hydrogens is 418 g/mol. The Hall–Kier alpha value is -3.64. The Morgan fingerprint density at radius 1 is 1.00 bits per heavy atom. The zero-order valence-corrected chi connectivity index (χ0v) is 19.1. The number of hydrazone groups is 1. The van der Waals surface area contributed by atoms with Crippen LogP contribution in [-0.4, -0.2) is 18.3 Å². The fourth-order valence-corrected chi connectivity index (χ4v) is 3.90. The molecule has 0 saturated carbocycles. The Balaban J connectivity index is 1.40. The van der Waals surface area contributed by atoms with Crippen LogP contribution in [0.1, 0.15) is 22.3 Å². The van der Waals surface area contributed by atoms with E-state index >= 15 is 0 Å². The largest absolute Gasteiger partial charge is 0.493 e. The number of benzene rings is 3. The molecule has 3 aromatic carbocycles. The van der Waals surface area contributed by atoms with Crippen LogP contribution < -0.4 is 14.9 Å². The number of rotatable bonds is 8. The van der Waals surface area contributed by atoms with Crippen LogP contribution in [0.5, 0.6) is 11.5 Å². The van der Waals surface area contributed by atoms with Crippen LogP contribution in [0.2, 0.25) is 0 Å². The standard InChI is InChI=1S/C26H25N3O2S/c1-18-8-7-11-22(19(18)2)16-31-24-13-12-20(14-25(24)30-3)15-27-29-26-28-23(17-32-26)21-9-5-4-6-10-21/h4-15,17H,16H2,1-3H3,(H,28,29). The first-order chi connectivity index (χ1) is 15.6. The summed E-state index contributed by atoms with van der Waals surface area (Å²) in [6.07, 6.45) is 1.74. The van der Waals surface area contributed by atoms with E-state index in [4.69, 9.17) is 9.47 Å². The van der Waals surface area contributed by atoms with E-state index in [1.165, 1.54) is 28.0 Å². The molecule has 4 rings (SSSR count). The summed E-state index contributed by atoms with van der Waals surface area (Å²) in [5.74, 6) is 1.37. The van der Waals surface area contributed by atoms with E-state index in [-0.39, 0.29) is 0 Å². The summed E-state index contributed by atoms with van der Waals surface area (Å²) in [4.78, 5) is 4.57. The van der Waals surface area contributed by atoms with Gasteiger partial charge in [0, 0.05) is 10.9 Å². The van der Waals surface area contributed by atoms with Crippen LogP contribution in [-0.2, 0) is 6.61 Å². The van der Waals surface area contributed by atoms with Gasteiger partial charge in [0.1, 0.15) is 6.61 Å². The van der Waals surface area contributed by atoms with Gasteiger partial charge in [-0.15, -0.1) is 11.3 Å². The van der Waals surface area contributed by atoms with Crippen molar-refractivity contribution in [3.63, 3.8) is 0 Å². The Morgan fingerprint density at radius 2 is 1.84 bits per heavy atom. The molecule has 1 aromatic heterocycles. The fourth-order valence-electron chi connectivity index (χ4n) is 3.24. The molecule has 0 fully saturated rings. The zero-order valence-electron chi connectivity index (χ0n) is 18.3. The maximum atomic E-state index is 6.03. The molecule has 0 saturated heterocycles. The minimum absolute atomic E-state index is 0.493. The second-order valence-corrected chi connectivity index (χ2v) is 8.19. The van der Waals surface area contributed by atoms with E-state index in [0.717, 1.165) is 22.0 Å². The monoisotopic (exact) mass is 443 g/mol. The summed E-state index contributed by atoms with van der Waals surface area (Å²) in [5, 5.41) is 7.06. The number of ether oxygens (including phenoxy) is 2. The van der Waals surface area contributed by atoms with E-state index in [2.05, 4.69) is 47.6 Å². The molecule has 0 atom stereocenters. The smallest absolute Gasteiger partial charge is 0.203 e. The van der Waals surface area contributed by atoms with Crippen molar-refractivity contribution < 1.29 is 9.47 Å². The summed E-state index contributed by atoms with van der Waals surface area (Å²) >= 11 is 1.52. The lowest BCUT2D eigenvalue weighted by Gasteiger charge is -2.13. The lowest BCUT2D eigenvalue weighted by atomic mass is 10.0. The maximum absolute atomic E-state index is 6.03. The van der Waals surface area contributed by atoms with E-state index in [1.807, 2.05) is 53.9 Å². The normalized spacial score (nSPS) is 11.0. The Morgan fingerprint density at radius 3 is 2.66 bits per heavy atom. The van der Waals surface area contributed by atoms with Gasteiger partial charge >= 0.3 is 0 Å². The summed E-state index contributed by atoms with van der Waals surface area (Å²) in [6, 6.07) is 22.1. The van der Waals surface area contributed by atoms with Crippen LogP contribution in [0.4, 0.5) is 5.13 Å². The number of aromatic nitrogens is 1. The molecular formula is C26H25N3O2S. The molecule has 0 amide bonds. The average Bonchev–Trinajstić information content (AvgIpc) is 3.30. The number of methoxy groups -OCH3 is 1. The van der Waals surface area contributed by atoms with E-state index < -0.39 is 0 Å². The SMILES string of the molecule is COc1cc(C=NNc2nc(-c3ccccc3)cs2)ccc1OCc1cccc(C)c1C. The summed E-state index contributed by atoms with van der Waals surface area (Å²) in [7, 11) is 1.64. The average molecular weight is 444 g/mol. The predicted molar refractivity (Wildman–Crippen MR) is 132 cm³/mol. The topological polar surface area (TPSA) is 55.7 Å². The predicted octanol–water partition coefficient (Wildman–Crippen LogP) is 6.46. The van der Waals surface area contributed by atoms with Crippen molar-refractivity contribution in [3.8, 4) is 22.8 Å². The Kier molecular flexibility index (Phi) is 6.82. The highest BCUT2D eigenvalue weighted by atomic mass is 32.1. The van der Waals surface area contributed by atoms with Crippen molar-refractivity contribution in [2.75, 3.05) is 12.5 Å². The van der Waals surface area contributed by atoms with Gasteiger partial charge in [0.2, 0.25) is 5.13 Å². The number of hydrogen-bond acceptors (Lipinski definition) is 6. The first kappa shape index (κ1) is 21.6. The third-order valence-corrected chi connectivity index (χ3v) is 5.98. The number of hydrogen-bond donors (Lipinski definition) is 1. The molecule has 0 aliphatic heterocycles. The maximum Gasteiger partial charge on any atom is 0.203 e. The molecule has 32 heavy (non-hydrogen) atoms. The van der Waals surface area contributed by atoms with Gasteiger partial charge in [-0.2, -0.15) is 5.10 Å². The van der Waals surface area contributed by atoms with Gasteiger partial charge in [-0.1, -0.05) is 48.5 Å². The lowest BCUT2D eigenvalue weighted by Crippen LogP contribution is -2.01. The minimum atomic E-state index is 0.493.